The molecule has 0 bridgehead atoms. The van der Waals surface area contributed by atoms with Crippen LogP contribution in [0.15, 0.2) is 30.4 Å². The van der Waals surface area contributed by atoms with Crippen LogP contribution in [0.1, 0.15) is 46.5 Å². The Morgan fingerprint density at radius 1 is 1.37 bits per heavy atom. The van der Waals surface area contributed by atoms with Crippen LogP contribution in [-0.4, -0.2) is 52.3 Å². The summed E-state index contributed by atoms with van der Waals surface area (Å²) in [5, 5.41) is 30.1. The predicted octanol–water partition coefficient (Wildman–Crippen LogP) is 3.17. The maximum atomic E-state index is 10.8. The molecule has 2 aliphatic rings. The number of carbonyl (C=O) groups is 1. The van der Waals surface area contributed by atoms with Crippen molar-refractivity contribution in [2.75, 3.05) is 6.61 Å². The number of ether oxygens (including phenoxy) is 3. The molecule has 7 nitrogen and oxygen atoms in total. The number of aliphatic hydroxyl groups excluding tert-OH is 2. The molecule has 1 aliphatic carbocycles. The summed E-state index contributed by atoms with van der Waals surface area (Å²) in [6, 6.07) is 5.06. The molecule has 1 fully saturated rings. The second kappa shape index (κ2) is 9.27. The fourth-order valence-electron chi connectivity index (χ4n) is 4.03. The highest BCUT2D eigenvalue weighted by atomic mass is 16.6. The summed E-state index contributed by atoms with van der Waals surface area (Å²) in [6.45, 7) is 5.73. The maximum absolute atomic E-state index is 10.8. The molecule has 30 heavy (non-hydrogen) atoms. The third kappa shape index (κ3) is 4.90. The standard InChI is InChI=1S/C23H32O7/c1-4-5-11-23(2,3)19(25)10-9-14-15(24)12-18-21(14)29-17-8-6-7-16(22(17)30-18)28-13-20(26)27/h6-10,14-15,18-19,21,24-25H,4-5,11-13H2,1-3H3,(H,26,27)/b10-9+. The van der Waals surface area contributed by atoms with E-state index in [4.69, 9.17) is 19.3 Å². The molecule has 1 aromatic rings. The number of carboxylic acids is 1. The molecule has 0 aromatic heterocycles. The Balaban J connectivity index is 1.73. The van der Waals surface area contributed by atoms with Crippen molar-refractivity contribution in [2.45, 2.75) is 70.9 Å². The summed E-state index contributed by atoms with van der Waals surface area (Å²) in [7, 11) is 0. The van der Waals surface area contributed by atoms with E-state index in [9.17, 15) is 15.0 Å². The number of hydrogen-bond donors (Lipinski definition) is 3. The molecule has 7 heteroatoms. The lowest BCUT2D eigenvalue weighted by Crippen LogP contribution is -2.39. The maximum Gasteiger partial charge on any atom is 0.341 e. The highest BCUT2D eigenvalue weighted by Crippen LogP contribution is 2.47. The topological polar surface area (TPSA) is 105 Å². The van der Waals surface area contributed by atoms with Gasteiger partial charge >= 0.3 is 5.97 Å². The van der Waals surface area contributed by atoms with E-state index in [1.807, 2.05) is 19.9 Å². The van der Waals surface area contributed by atoms with Crippen LogP contribution in [0.25, 0.3) is 0 Å². The summed E-state index contributed by atoms with van der Waals surface area (Å²) in [6.07, 6.45) is 4.95. The third-order valence-corrected chi connectivity index (χ3v) is 5.98. The molecule has 1 saturated carbocycles. The molecule has 0 amide bonds. The van der Waals surface area contributed by atoms with E-state index in [-0.39, 0.29) is 17.4 Å². The van der Waals surface area contributed by atoms with E-state index in [1.54, 1.807) is 24.3 Å². The normalized spacial score (nSPS) is 26.4. The van der Waals surface area contributed by atoms with Crippen molar-refractivity contribution >= 4 is 5.97 Å². The zero-order chi connectivity index (χ0) is 21.9. The smallest absolute Gasteiger partial charge is 0.341 e. The zero-order valence-corrected chi connectivity index (χ0v) is 17.8. The van der Waals surface area contributed by atoms with Crippen molar-refractivity contribution in [3.8, 4) is 17.2 Å². The van der Waals surface area contributed by atoms with Gasteiger partial charge in [-0.1, -0.05) is 51.8 Å². The van der Waals surface area contributed by atoms with Crippen LogP contribution in [0.3, 0.4) is 0 Å². The third-order valence-electron chi connectivity index (χ3n) is 5.98. The van der Waals surface area contributed by atoms with Gasteiger partial charge in [-0.25, -0.2) is 4.79 Å². The second-order valence-electron chi connectivity index (χ2n) is 8.81. The number of aliphatic hydroxyl groups is 2. The van der Waals surface area contributed by atoms with Crippen LogP contribution in [-0.2, 0) is 4.79 Å². The van der Waals surface area contributed by atoms with Gasteiger partial charge in [0.2, 0.25) is 5.75 Å². The van der Waals surface area contributed by atoms with E-state index in [0.717, 1.165) is 19.3 Å². The second-order valence-corrected chi connectivity index (χ2v) is 8.81. The summed E-state index contributed by atoms with van der Waals surface area (Å²) in [5.41, 5.74) is -0.248. The van der Waals surface area contributed by atoms with Gasteiger partial charge in [0.05, 0.1) is 12.2 Å². The minimum atomic E-state index is -1.08. The number of unbranched alkanes of at least 4 members (excludes halogenated alkanes) is 1. The van der Waals surface area contributed by atoms with Crippen LogP contribution in [0, 0.1) is 11.3 Å². The lowest BCUT2D eigenvalue weighted by atomic mass is 9.81. The number of hydrogen-bond acceptors (Lipinski definition) is 6. The van der Waals surface area contributed by atoms with E-state index in [0.29, 0.717) is 23.7 Å². The minimum Gasteiger partial charge on any atom is -0.482 e. The van der Waals surface area contributed by atoms with Crippen LogP contribution in [0.5, 0.6) is 17.2 Å². The first-order chi connectivity index (χ1) is 14.2. The summed E-state index contributed by atoms with van der Waals surface area (Å²) in [4.78, 5) is 10.8. The van der Waals surface area contributed by atoms with E-state index >= 15 is 0 Å². The minimum absolute atomic E-state index is 0.248. The van der Waals surface area contributed by atoms with Gasteiger partial charge in [-0.05, 0) is 24.0 Å². The van der Waals surface area contributed by atoms with Crippen LogP contribution in [0.4, 0.5) is 0 Å². The monoisotopic (exact) mass is 420 g/mol. The molecular formula is C23H32O7. The molecule has 0 saturated heterocycles. The number of rotatable bonds is 9. The van der Waals surface area contributed by atoms with Gasteiger partial charge in [0.1, 0.15) is 12.2 Å². The van der Waals surface area contributed by atoms with Crippen molar-refractivity contribution in [1.29, 1.82) is 0 Å². The Morgan fingerprint density at radius 2 is 2.13 bits per heavy atom. The van der Waals surface area contributed by atoms with Crippen molar-refractivity contribution in [3.05, 3.63) is 30.4 Å². The fourth-order valence-corrected chi connectivity index (χ4v) is 4.03. The Bertz CT molecular complexity index is 773. The number of carboxylic acid groups (broad SMARTS) is 1. The Morgan fingerprint density at radius 3 is 2.83 bits per heavy atom. The Labute approximate surface area is 177 Å². The zero-order valence-electron chi connectivity index (χ0n) is 17.8. The van der Waals surface area contributed by atoms with Crippen LogP contribution >= 0.6 is 0 Å². The van der Waals surface area contributed by atoms with Gasteiger partial charge < -0.3 is 29.5 Å². The Hall–Kier alpha value is -2.25. The van der Waals surface area contributed by atoms with Gasteiger partial charge in [0, 0.05) is 12.3 Å². The van der Waals surface area contributed by atoms with Gasteiger partial charge in [-0.3, -0.25) is 0 Å². The van der Waals surface area contributed by atoms with Gasteiger partial charge in [0.25, 0.3) is 0 Å². The quantitative estimate of drug-likeness (QED) is 0.527. The molecule has 5 atom stereocenters. The van der Waals surface area contributed by atoms with Gasteiger partial charge in [-0.2, -0.15) is 0 Å². The molecule has 0 radical (unpaired) electrons. The van der Waals surface area contributed by atoms with Crippen LogP contribution < -0.4 is 14.2 Å². The van der Waals surface area contributed by atoms with Crippen molar-refractivity contribution in [1.82, 2.24) is 0 Å². The highest BCUT2D eigenvalue weighted by molar-refractivity contribution is 5.68. The fraction of sp³-hybridized carbons (Fsp3) is 0.609. The first-order valence-corrected chi connectivity index (χ1v) is 10.6. The number of benzene rings is 1. The van der Waals surface area contributed by atoms with Crippen molar-refractivity contribution in [2.24, 2.45) is 11.3 Å². The molecule has 3 rings (SSSR count). The largest absolute Gasteiger partial charge is 0.482 e. The average molecular weight is 421 g/mol. The molecule has 1 heterocycles. The first kappa shape index (κ1) is 22.4. The SMILES string of the molecule is CCCCC(C)(C)C(O)/C=C/C1C(O)CC2Oc3c(OCC(=O)O)cccc3OC21. The molecule has 5 unspecified atom stereocenters. The summed E-state index contributed by atoms with van der Waals surface area (Å²) < 4.78 is 17.5. The van der Waals surface area contributed by atoms with Gasteiger partial charge in [-0.15, -0.1) is 0 Å². The average Bonchev–Trinajstić information content (AvgIpc) is 3.01. The first-order valence-electron chi connectivity index (χ1n) is 10.6. The molecular weight excluding hydrogens is 388 g/mol. The number of para-hydroxylation sites is 1. The van der Waals surface area contributed by atoms with Crippen LogP contribution in [0.2, 0.25) is 0 Å². The van der Waals surface area contributed by atoms with Crippen molar-refractivity contribution < 1.29 is 34.3 Å². The molecule has 0 spiro atoms. The lowest BCUT2D eigenvalue weighted by Gasteiger charge is -2.32. The van der Waals surface area contributed by atoms with Crippen molar-refractivity contribution in [3.63, 3.8) is 0 Å². The van der Waals surface area contributed by atoms with E-state index in [2.05, 4.69) is 6.92 Å². The summed E-state index contributed by atoms with van der Waals surface area (Å²) in [5.74, 6) is -0.282. The molecule has 1 aliphatic heterocycles. The Kier molecular flexibility index (Phi) is 6.93. The number of aliphatic carboxylic acids is 1. The predicted molar refractivity (Wildman–Crippen MR) is 111 cm³/mol. The molecule has 166 valence electrons. The van der Waals surface area contributed by atoms with E-state index in [1.165, 1.54) is 0 Å². The molecule has 3 N–H and O–H groups in total. The highest BCUT2D eigenvalue weighted by Gasteiger charge is 2.48. The summed E-state index contributed by atoms with van der Waals surface area (Å²) >= 11 is 0. The van der Waals surface area contributed by atoms with Gasteiger partial charge in [0.15, 0.2) is 18.1 Å². The lowest BCUT2D eigenvalue weighted by molar-refractivity contribution is -0.139. The molecule has 1 aromatic carbocycles. The number of fused-ring (bicyclic) bond motifs is 2. The van der Waals surface area contributed by atoms with E-state index < -0.39 is 30.9 Å².